The van der Waals surface area contributed by atoms with Gasteiger partial charge in [0.15, 0.2) is 0 Å². The topological polar surface area (TPSA) is 156 Å². The number of alkyl halides is 1. The first-order valence-corrected chi connectivity index (χ1v) is 18.6. The molecule has 3 saturated heterocycles. The molecule has 4 heterocycles. The summed E-state index contributed by atoms with van der Waals surface area (Å²) in [6.45, 7) is 9.65. The maximum atomic E-state index is 14.8. The number of ether oxygens (including phenoxy) is 2. The first-order chi connectivity index (χ1) is 25.1. The van der Waals surface area contributed by atoms with Crippen LogP contribution in [0.5, 0.6) is 0 Å². The summed E-state index contributed by atoms with van der Waals surface area (Å²) in [5, 5.41) is 21.0. The summed E-state index contributed by atoms with van der Waals surface area (Å²) in [5.41, 5.74) is 0.767. The van der Waals surface area contributed by atoms with Crippen molar-refractivity contribution < 1.29 is 33.8 Å². The fourth-order valence-corrected chi connectivity index (χ4v) is 8.93. The smallest absolute Gasteiger partial charge is 0.313 e. The van der Waals surface area contributed by atoms with Crippen LogP contribution in [0.15, 0.2) is 79.9 Å². The number of likely N-dealkylation sites (tertiary alicyclic amines) is 1. The van der Waals surface area contributed by atoms with Gasteiger partial charge in [-0.15, -0.1) is 18.3 Å². The first-order valence-electron chi connectivity index (χ1n) is 17.7. The fraction of sp³-hybridized carbons (Fsp3) is 0.474. The molecule has 1 spiro atoms. The SMILES string of the molecule is C=CCCC(=O)N[C@@H](C)[C@H](OC(=O)[C@@H]1[C@H]2O[C@@]3(CC2Br)[C@H](C(=O)N(CC=C)Cn2nnc4ccccc42)N(CCCCO)C(=O)[C@@H]13)c1ccccc1. The first kappa shape index (κ1) is 37.4. The molecule has 0 saturated carbocycles. The molecule has 2 N–H and O–H groups in total. The van der Waals surface area contributed by atoms with Crippen LogP contribution >= 0.6 is 15.9 Å². The summed E-state index contributed by atoms with van der Waals surface area (Å²) in [6.07, 6.45) is 3.60. The minimum Gasteiger partial charge on any atom is -0.455 e. The second kappa shape index (κ2) is 16.1. The molecule has 1 aromatic heterocycles. The predicted molar refractivity (Wildman–Crippen MR) is 195 cm³/mol. The highest BCUT2D eigenvalue weighted by atomic mass is 79.9. The third-order valence-electron chi connectivity index (χ3n) is 10.3. The maximum absolute atomic E-state index is 14.8. The van der Waals surface area contributed by atoms with Gasteiger partial charge in [-0.25, -0.2) is 4.68 Å². The number of unbranched alkanes of at least 4 members (excludes halogenated alkanes) is 1. The van der Waals surface area contributed by atoms with Gasteiger partial charge in [-0.05, 0) is 50.3 Å². The molecule has 276 valence electrons. The maximum Gasteiger partial charge on any atom is 0.313 e. The van der Waals surface area contributed by atoms with Gasteiger partial charge in [-0.3, -0.25) is 19.2 Å². The Balaban J connectivity index is 1.32. The van der Waals surface area contributed by atoms with Crippen molar-refractivity contribution in [1.82, 2.24) is 30.1 Å². The van der Waals surface area contributed by atoms with Crippen LogP contribution in [0.1, 0.15) is 50.7 Å². The number of aliphatic hydroxyl groups is 1. The molecule has 13 nitrogen and oxygen atoms in total. The number of hydrogen-bond acceptors (Lipinski definition) is 9. The predicted octanol–water partition coefficient (Wildman–Crippen LogP) is 3.68. The minimum absolute atomic E-state index is 0.0447. The van der Waals surface area contributed by atoms with E-state index in [4.69, 9.17) is 9.47 Å². The monoisotopic (exact) mass is 776 g/mol. The fourth-order valence-electron chi connectivity index (χ4n) is 7.98. The standard InChI is InChI=1S/C38H45BrN6O7/c1-4-6-18-29(47)40-24(3)32(25-14-8-7-9-15-25)51-37(50)30-31-35(48)44(20-12-13-21-46)34(38(31)22-26(39)33(30)52-38)36(49)43(19-5-2)23-45-28-17-11-10-16-27(28)41-42-45/h4-5,7-11,14-17,24,26,30-34,46H,1-2,6,12-13,18-23H2,3H3,(H,40,47)/t24-,26?,30-,31+,32-,33-,34-,38+/m0/s1. The Hall–Kier alpha value is -4.40. The van der Waals surface area contributed by atoms with Crippen LogP contribution in [0.2, 0.25) is 0 Å². The number of aliphatic hydroxyl groups excluding tert-OH is 1. The summed E-state index contributed by atoms with van der Waals surface area (Å²) in [4.78, 5) is 59.3. The van der Waals surface area contributed by atoms with E-state index < -0.39 is 47.7 Å². The number of esters is 1. The second-order valence-corrected chi connectivity index (χ2v) is 14.8. The molecular formula is C38H45BrN6O7. The quantitative estimate of drug-likeness (QED) is 0.0904. The van der Waals surface area contributed by atoms with E-state index >= 15 is 0 Å². The van der Waals surface area contributed by atoms with Crippen LogP contribution in [0.25, 0.3) is 11.0 Å². The number of carbonyl (C=O) groups excluding carboxylic acids is 4. The van der Waals surface area contributed by atoms with Crippen LogP contribution in [-0.4, -0.2) is 102 Å². The summed E-state index contributed by atoms with van der Waals surface area (Å²) < 4.78 is 14.6. The van der Waals surface area contributed by atoms with Gasteiger partial charge >= 0.3 is 5.97 Å². The average molecular weight is 778 g/mol. The van der Waals surface area contributed by atoms with Crippen LogP contribution in [0, 0.1) is 11.8 Å². The van der Waals surface area contributed by atoms with Gasteiger partial charge in [0.25, 0.3) is 0 Å². The van der Waals surface area contributed by atoms with Crippen molar-refractivity contribution in [2.24, 2.45) is 11.8 Å². The van der Waals surface area contributed by atoms with Crippen LogP contribution < -0.4 is 5.32 Å². The van der Waals surface area contributed by atoms with Crippen molar-refractivity contribution in [2.75, 3.05) is 19.7 Å². The number of benzene rings is 2. The van der Waals surface area contributed by atoms with Crippen LogP contribution in [0.4, 0.5) is 0 Å². The van der Waals surface area contributed by atoms with Gasteiger partial charge < -0.3 is 29.7 Å². The van der Waals surface area contributed by atoms with Gasteiger partial charge in [-0.1, -0.05) is 75.8 Å². The highest BCUT2D eigenvalue weighted by Gasteiger charge is 2.77. The number of aromatic nitrogens is 3. The summed E-state index contributed by atoms with van der Waals surface area (Å²) in [6, 6.07) is 14.9. The zero-order chi connectivity index (χ0) is 37.0. The lowest BCUT2D eigenvalue weighted by atomic mass is 9.70. The second-order valence-electron chi connectivity index (χ2n) is 13.6. The molecule has 3 fully saturated rings. The van der Waals surface area contributed by atoms with E-state index in [1.807, 2.05) is 54.6 Å². The van der Waals surface area contributed by atoms with Gasteiger partial charge in [-0.2, -0.15) is 0 Å². The van der Waals surface area contributed by atoms with E-state index in [1.165, 1.54) is 4.90 Å². The van der Waals surface area contributed by atoms with E-state index in [1.54, 1.807) is 28.7 Å². The van der Waals surface area contributed by atoms with Crippen molar-refractivity contribution in [2.45, 2.75) is 80.4 Å². The number of nitrogens with one attached hydrogen (secondary N) is 1. The molecule has 0 aliphatic carbocycles. The number of rotatable bonds is 17. The number of halogens is 1. The zero-order valence-corrected chi connectivity index (χ0v) is 30.8. The molecule has 3 amide bonds. The Morgan fingerprint density at radius 2 is 1.90 bits per heavy atom. The van der Waals surface area contributed by atoms with E-state index in [0.29, 0.717) is 36.8 Å². The van der Waals surface area contributed by atoms with Crippen molar-refractivity contribution >= 4 is 50.7 Å². The number of hydrogen-bond donors (Lipinski definition) is 2. The molecule has 1 unspecified atom stereocenters. The third kappa shape index (κ3) is 7.03. The Morgan fingerprint density at radius 3 is 2.63 bits per heavy atom. The van der Waals surface area contributed by atoms with Crippen LogP contribution in [-0.2, 0) is 35.3 Å². The van der Waals surface area contributed by atoms with Gasteiger partial charge in [0, 0.05) is 30.9 Å². The highest BCUT2D eigenvalue weighted by Crippen LogP contribution is 2.60. The van der Waals surface area contributed by atoms with Crippen molar-refractivity contribution in [3.8, 4) is 0 Å². The van der Waals surface area contributed by atoms with E-state index in [2.05, 4.69) is 44.7 Å². The Bertz CT molecular complexity index is 1800. The molecule has 8 atom stereocenters. The number of carbonyl (C=O) groups is 4. The number of fused-ring (bicyclic) bond motifs is 2. The molecule has 2 aromatic carbocycles. The molecule has 3 aromatic rings. The van der Waals surface area contributed by atoms with Crippen molar-refractivity contribution in [3.05, 3.63) is 85.5 Å². The molecule has 3 aliphatic heterocycles. The lowest BCUT2D eigenvalue weighted by molar-refractivity contribution is -0.162. The molecule has 14 heteroatoms. The molecule has 3 aliphatic rings. The summed E-state index contributed by atoms with van der Waals surface area (Å²) >= 11 is 3.73. The van der Waals surface area contributed by atoms with E-state index in [-0.39, 0.29) is 55.3 Å². The summed E-state index contributed by atoms with van der Waals surface area (Å²) in [5.74, 6) is -3.60. The lowest BCUT2D eigenvalue weighted by Gasteiger charge is -2.37. The normalized spacial score (nSPS) is 25.8. The van der Waals surface area contributed by atoms with E-state index in [9.17, 15) is 24.3 Å². The lowest BCUT2D eigenvalue weighted by Crippen LogP contribution is -2.57. The number of para-hydroxylation sites is 1. The van der Waals surface area contributed by atoms with Gasteiger partial charge in [0.05, 0.1) is 29.5 Å². The number of allylic oxidation sites excluding steroid dienone is 1. The number of amides is 3. The van der Waals surface area contributed by atoms with Crippen LogP contribution in [0.3, 0.4) is 0 Å². The molecule has 2 bridgehead atoms. The Morgan fingerprint density at radius 1 is 1.15 bits per heavy atom. The number of nitrogens with zero attached hydrogens (tertiary/aromatic N) is 5. The molecule has 0 radical (unpaired) electrons. The van der Waals surface area contributed by atoms with E-state index in [0.717, 1.165) is 5.52 Å². The highest BCUT2D eigenvalue weighted by molar-refractivity contribution is 9.09. The van der Waals surface area contributed by atoms with Gasteiger partial charge in [0.1, 0.15) is 29.9 Å². The summed E-state index contributed by atoms with van der Waals surface area (Å²) in [7, 11) is 0. The minimum atomic E-state index is -1.33. The molecular weight excluding hydrogens is 732 g/mol. The average Bonchev–Trinajstić information content (AvgIpc) is 3.86. The van der Waals surface area contributed by atoms with Gasteiger partial charge in [0.2, 0.25) is 17.7 Å². The zero-order valence-electron chi connectivity index (χ0n) is 29.2. The van der Waals surface area contributed by atoms with Crippen molar-refractivity contribution in [1.29, 1.82) is 0 Å². The molecule has 6 rings (SSSR count). The Kier molecular flexibility index (Phi) is 11.6. The third-order valence-corrected chi connectivity index (χ3v) is 11.1. The Labute approximate surface area is 311 Å². The largest absolute Gasteiger partial charge is 0.455 e. The van der Waals surface area contributed by atoms with Crippen molar-refractivity contribution in [3.63, 3.8) is 0 Å². The molecule has 52 heavy (non-hydrogen) atoms.